The van der Waals surface area contributed by atoms with Gasteiger partial charge in [0.2, 0.25) is 0 Å². The zero-order valence-corrected chi connectivity index (χ0v) is 30.7. The van der Waals surface area contributed by atoms with E-state index in [1.54, 1.807) is 0 Å². The number of hydrogen-bond donors (Lipinski definition) is 0. The predicted molar refractivity (Wildman–Crippen MR) is 227 cm³/mol. The molecule has 3 heteroatoms. The Labute approximate surface area is 309 Å². The summed E-state index contributed by atoms with van der Waals surface area (Å²) < 4.78 is 5.07. The topological polar surface area (TPSA) is 9.86 Å². The fourth-order valence-electron chi connectivity index (χ4n) is 9.64. The molecule has 0 radical (unpaired) electrons. The Morgan fingerprint density at radius 2 is 0.943 bits per heavy atom. The van der Waals surface area contributed by atoms with E-state index < -0.39 is 8.07 Å². The molecule has 11 rings (SSSR count). The highest BCUT2D eigenvalue weighted by atomic mass is 28.3. The van der Waals surface area contributed by atoms with Crippen LogP contribution >= 0.6 is 0 Å². The van der Waals surface area contributed by atoms with E-state index in [0.29, 0.717) is 0 Å². The monoisotopic (exact) mass is 692 g/mol. The van der Waals surface area contributed by atoms with Gasteiger partial charge in [0.05, 0.1) is 22.1 Å². The Balaban J connectivity index is 1.26. The highest BCUT2D eigenvalue weighted by Crippen LogP contribution is 2.40. The molecule has 0 amide bonds. The molecule has 1 aliphatic rings. The number of aromatic nitrogens is 2. The second kappa shape index (κ2) is 11.3. The summed E-state index contributed by atoms with van der Waals surface area (Å²) in [6.07, 6.45) is 0. The van der Waals surface area contributed by atoms with Gasteiger partial charge in [-0.1, -0.05) is 158 Å². The van der Waals surface area contributed by atoms with Crippen LogP contribution in [0.2, 0.25) is 0 Å². The molecule has 0 saturated carbocycles. The van der Waals surface area contributed by atoms with Gasteiger partial charge in [0, 0.05) is 32.9 Å². The van der Waals surface area contributed by atoms with Crippen LogP contribution in [0.5, 0.6) is 0 Å². The lowest BCUT2D eigenvalue weighted by atomic mass is 10.1. The van der Waals surface area contributed by atoms with Crippen LogP contribution in [0.25, 0.3) is 66.1 Å². The predicted octanol–water partition coefficient (Wildman–Crippen LogP) is 9.86. The van der Waals surface area contributed by atoms with Gasteiger partial charge in [-0.15, -0.1) is 0 Å². The van der Waals surface area contributed by atoms with Crippen LogP contribution in [-0.4, -0.2) is 17.2 Å². The summed E-state index contributed by atoms with van der Waals surface area (Å²) in [5, 5.41) is 10.8. The maximum absolute atomic E-state index is 2.81. The molecule has 0 saturated heterocycles. The smallest absolute Gasteiger partial charge is 0.184 e. The lowest BCUT2D eigenvalue weighted by molar-refractivity contribution is 1.15. The molecule has 3 heterocycles. The van der Waals surface area contributed by atoms with Crippen molar-refractivity contribution in [2.24, 2.45) is 0 Å². The lowest BCUT2D eigenvalue weighted by Gasteiger charge is -2.40. The molecule has 2 aromatic heterocycles. The largest absolute Gasteiger partial charge is 0.309 e. The molecule has 2 nitrogen and oxygen atoms in total. The first-order chi connectivity index (χ1) is 26.1. The zero-order valence-electron chi connectivity index (χ0n) is 29.7. The van der Waals surface area contributed by atoms with Crippen molar-refractivity contribution >= 4 is 72.4 Å². The van der Waals surface area contributed by atoms with Gasteiger partial charge < -0.3 is 9.13 Å². The maximum atomic E-state index is 2.57. The first-order valence-corrected chi connectivity index (χ1v) is 20.5. The second-order valence-electron chi connectivity index (χ2n) is 14.6. The van der Waals surface area contributed by atoms with Crippen molar-refractivity contribution in [2.45, 2.75) is 13.8 Å². The molecule has 250 valence electrons. The normalized spacial score (nSPS) is 15.1. The highest BCUT2D eigenvalue weighted by Gasteiger charge is 2.47. The molecule has 0 bridgehead atoms. The molecule has 1 atom stereocenters. The molecule has 8 aromatic carbocycles. The number of fused-ring (bicyclic) bond motifs is 8. The van der Waals surface area contributed by atoms with E-state index in [-0.39, 0.29) is 0 Å². The van der Waals surface area contributed by atoms with Crippen molar-refractivity contribution < 1.29 is 0 Å². The van der Waals surface area contributed by atoms with Crippen LogP contribution < -0.4 is 20.7 Å². The van der Waals surface area contributed by atoms with Crippen LogP contribution in [-0.2, 0) is 0 Å². The summed E-state index contributed by atoms with van der Waals surface area (Å²) in [6, 6.07) is 68.4. The van der Waals surface area contributed by atoms with E-state index in [9.17, 15) is 0 Å². The Morgan fingerprint density at radius 1 is 0.377 bits per heavy atom. The molecule has 0 spiro atoms. The van der Waals surface area contributed by atoms with Crippen molar-refractivity contribution in [3.05, 3.63) is 193 Å². The van der Waals surface area contributed by atoms with Gasteiger partial charge in [-0.05, 0) is 81.1 Å². The minimum absolute atomic E-state index is 1.19. The fraction of sp³-hybridized carbons (Fsp3) is 0.0400. The molecule has 0 fully saturated rings. The highest BCUT2D eigenvalue weighted by molar-refractivity contribution is 7.21. The van der Waals surface area contributed by atoms with E-state index in [4.69, 9.17) is 0 Å². The molecule has 53 heavy (non-hydrogen) atoms. The number of para-hydroxylation sites is 4. The van der Waals surface area contributed by atoms with Crippen molar-refractivity contribution in [1.82, 2.24) is 9.13 Å². The van der Waals surface area contributed by atoms with Gasteiger partial charge >= 0.3 is 0 Å². The zero-order chi connectivity index (χ0) is 35.3. The van der Waals surface area contributed by atoms with E-state index in [2.05, 4.69) is 205 Å². The number of hydrogen-bond acceptors (Lipinski definition) is 0. The van der Waals surface area contributed by atoms with Crippen molar-refractivity contribution in [1.29, 1.82) is 0 Å². The third kappa shape index (κ3) is 4.08. The average Bonchev–Trinajstić information content (AvgIpc) is 3.74. The summed E-state index contributed by atoms with van der Waals surface area (Å²) in [6.45, 7) is 4.48. The first-order valence-electron chi connectivity index (χ1n) is 18.5. The Hall–Kier alpha value is -6.42. The first kappa shape index (κ1) is 30.2. The number of rotatable bonds is 4. The van der Waals surface area contributed by atoms with Crippen molar-refractivity contribution in [3.63, 3.8) is 0 Å². The number of aryl methyl sites for hydroxylation is 2. The summed E-state index contributed by atoms with van der Waals surface area (Å²) in [5.74, 6) is 0. The van der Waals surface area contributed by atoms with Crippen molar-refractivity contribution in [3.8, 4) is 22.5 Å². The van der Waals surface area contributed by atoms with Gasteiger partial charge in [0.1, 0.15) is 0 Å². The standard InChI is InChI=1S/C50H36N2Si/c1-33-15-11-23-40-41-24-12-16-34(2)49(41)51(48(33)40)37-29-30-44-43(32-37)42-25-14-28-47-50(42)52(44)45-26-9-10-27-46(45)53(47,38-20-7-4-8-21-38)39-22-13-19-36(31-39)35-17-5-3-6-18-35/h3-32H,1-2H3. The molecular weight excluding hydrogens is 657 g/mol. The van der Waals surface area contributed by atoms with E-state index >= 15 is 0 Å². The van der Waals surface area contributed by atoms with Crippen LogP contribution in [0.15, 0.2) is 182 Å². The Kier molecular flexibility index (Phi) is 6.44. The lowest BCUT2D eigenvalue weighted by Crippen LogP contribution is -2.76. The molecule has 10 aromatic rings. The number of benzene rings is 8. The summed E-state index contributed by atoms with van der Waals surface area (Å²) in [5.41, 5.74) is 12.7. The van der Waals surface area contributed by atoms with Gasteiger partial charge in [0.25, 0.3) is 0 Å². The van der Waals surface area contributed by atoms with Gasteiger partial charge in [-0.25, -0.2) is 0 Å². The van der Waals surface area contributed by atoms with E-state index in [0.717, 1.165) is 0 Å². The van der Waals surface area contributed by atoms with Crippen LogP contribution in [0.1, 0.15) is 11.1 Å². The third-order valence-corrected chi connectivity index (χ3v) is 16.6. The Bertz CT molecular complexity index is 3020. The minimum Gasteiger partial charge on any atom is -0.309 e. The number of nitrogens with zero attached hydrogens (tertiary/aromatic N) is 2. The Morgan fingerprint density at radius 3 is 1.68 bits per heavy atom. The minimum atomic E-state index is -2.81. The molecule has 1 unspecified atom stereocenters. The molecule has 0 aliphatic carbocycles. The molecular formula is C50H36N2Si. The van der Waals surface area contributed by atoms with Gasteiger partial charge in [-0.2, -0.15) is 0 Å². The van der Waals surface area contributed by atoms with Crippen molar-refractivity contribution in [2.75, 3.05) is 0 Å². The van der Waals surface area contributed by atoms with E-state index in [1.807, 2.05) is 0 Å². The molecule has 1 aliphatic heterocycles. The molecule has 0 N–H and O–H groups in total. The van der Waals surface area contributed by atoms with Crippen LogP contribution in [0.4, 0.5) is 0 Å². The summed E-state index contributed by atoms with van der Waals surface area (Å²) in [7, 11) is -2.81. The van der Waals surface area contributed by atoms with Crippen LogP contribution in [0.3, 0.4) is 0 Å². The van der Waals surface area contributed by atoms with Gasteiger partial charge in [0.15, 0.2) is 8.07 Å². The summed E-state index contributed by atoms with van der Waals surface area (Å²) >= 11 is 0. The van der Waals surface area contributed by atoms with E-state index in [1.165, 1.54) is 98.0 Å². The van der Waals surface area contributed by atoms with Crippen LogP contribution in [0, 0.1) is 13.8 Å². The summed E-state index contributed by atoms with van der Waals surface area (Å²) in [4.78, 5) is 0. The fourth-order valence-corrected chi connectivity index (χ4v) is 14.8. The second-order valence-corrected chi connectivity index (χ2v) is 18.3. The SMILES string of the molecule is Cc1cccc2c3cccc(C)c3n(-c3ccc4c(c3)c3cccc5c3n4-c3ccccc3[Si]5(c3ccccc3)c3cccc(-c4ccccc4)c3)c12. The quantitative estimate of drug-likeness (QED) is 0.163. The maximum Gasteiger partial charge on any atom is 0.184 e. The third-order valence-electron chi connectivity index (χ3n) is 11.8. The van der Waals surface area contributed by atoms with Gasteiger partial charge in [-0.3, -0.25) is 0 Å². The average molecular weight is 693 g/mol.